The molecule has 10 rings (SSSR count). The van der Waals surface area contributed by atoms with Crippen LogP contribution in [0.2, 0.25) is 39.3 Å². The second-order valence-electron chi connectivity index (χ2n) is 20.1. The van der Waals surface area contributed by atoms with Gasteiger partial charge in [-0.2, -0.15) is 0 Å². The van der Waals surface area contributed by atoms with Crippen molar-refractivity contribution in [2.75, 3.05) is 9.80 Å². The predicted octanol–water partition coefficient (Wildman–Crippen LogP) is 17.3. The summed E-state index contributed by atoms with van der Waals surface area (Å²) in [6, 6.07) is 64.3. The van der Waals surface area contributed by atoms with Gasteiger partial charge in [0.25, 0.3) is 0 Å². The van der Waals surface area contributed by atoms with Gasteiger partial charge in [0.2, 0.25) is 0 Å². The summed E-state index contributed by atoms with van der Waals surface area (Å²) in [4.78, 5) is 4.90. The molecule has 312 valence electrons. The van der Waals surface area contributed by atoms with Gasteiger partial charge in [0.15, 0.2) is 0 Å². The van der Waals surface area contributed by atoms with Crippen molar-refractivity contribution in [3.05, 3.63) is 203 Å². The number of fused-ring (bicyclic) bond motifs is 10. The Morgan fingerprint density at radius 3 is 1.38 bits per heavy atom. The highest BCUT2D eigenvalue weighted by atomic mass is 28.4. The third-order valence-electron chi connectivity index (χ3n) is 14.0. The van der Waals surface area contributed by atoms with Crippen LogP contribution in [0.5, 0.6) is 0 Å². The van der Waals surface area contributed by atoms with Gasteiger partial charge >= 0.3 is 0 Å². The van der Waals surface area contributed by atoms with Crippen LogP contribution in [-0.2, 0) is 4.66 Å². The average molecular weight is 851 g/mol. The molecular weight excluding hydrogens is 793 g/mol. The largest absolute Gasteiger partial charge is 0.310 e. The van der Waals surface area contributed by atoms with Crippen molar-refractivity contribution in [3.8, 4) is 11.1 Å². The summed E-state index contributed by atoms with van der Waals surface area (Å²) in [5, 5.41) is 8.10. The predicted molar refractivity (Wildman–Crippen MR) is 280 cm³/mol. The van der Waals surface area contributed by atoms with Gasteiger partial charge in [0.1, 0.15) is 0 Å². The number of rotatable bonds is 8. The summed E-state index contributed by atoms with van der Waals surface area (Å²) >= 11 is 0. The monoisotopic (exact) mass is 850 g/mol. The van der Waals surface area contributed by atoms with E-state index in [-0.39, 0.29) is 4.66 Å². The Kier molecular flexibility index (Phi) is 9.70. The molecule has 4 heteroatoms. The molecule has 0 fully saturated rings. The van der Waals surface area contributed by atoms with E-state index in [1.54, 1.807) is 11.1 Å². The molecular formula is C59H58N2Si2. The van der Waals surface area contributed by atoms with E-state index in [2.05, 4.69) is 247 Å². The fourth-order valence-corrected chi connectivity index (χ4v) is 25.0. The van der Waals surface area contributed by atoms with E-state index in [1.165, 1.54) is 88.4 Å². The fourth-order valence-electron chi connectivity index (χ4n) is 11.9. The highest BCUT2D eigenvalue weighted by molar-refractivity contribution is 7.00. The van der Waals surface area contributed by atoms with Crippen LogP contribution in [0.3, 0.4) is 0 Å². The Hall–Kier alpha value is -6.21. The molecule has 9 aromatic carbocycles. The molecule has 9 aromatic rings. The maximum absolute atomic E-state index is 2.65. The minimum atomic E-state index is -2.10. The molecule has 0 aromatic heterocycles. The first-order valence-corrected chi connectivity index (χ1v) is 29.6. The summed E-state index contributed by atoms with van der Waals surface area (Å²) in [5.74, 6) is 0. The third kappa shape index (κ3) is 6.32. The quantitative estimate of drug-likeness (QED) is 0.111. The highest BCUT2D eigenvalue weighted by Crippen LogP contribution is 2.63. The topological polar surface area (TPSA) is 6.48 Å². The van der Waals surface area contributed by atoms with Gasteiger partial charge in [0, 0.05) is 38.8 Å². The molecule has 0 heterocycles. The Morgan fingerprint density at radius 1 is 0.365 bits per heavy atom. The molecule has 0 unspecified atom stereocenters. The van der Waals surface area contributed by atoms with Gasteiger partial charge in [-0.15, -0.1) is 0 Å². The maximum atomic E-state index is 2.65. The van der Waals surface area contributed by atoms with Crippen LogP contribution >= 0.6 is 0 Å². The van der Waals surface area contributed by atoms with E-state index in [0.29, 0.717) is 0 Å². The third-order valence-corrected chi connectivity index (χ3v) is 24.0. The summed E-state index contributed by atoms with van der Waals surface area (Å²) in [5.41, 5.74) is 18.2. The van der Waals surface area contributed by atoms with Crippen molar-refractivity contribution in [1.29, 1.82) is 0 Å². The van der Waals surface area contributed by atoms with Crippen molar-refractivity contribution in [3.63, 3.8) is 0 Å². The number of hydrogen-bond donors (Lipinski definition) is 0. The SMILES string of the molecule is Cc1ccc(N(c2ccccc2)c2ccc3c4c(ccc3c2)-c2c(c3ccc(N(c5ccccc5)c5ccc(C)cc5C)cc3c3ccccc23)C4([Si](C)(C)C)[Si](C)(C)C)c(C)c1. The summed E-state index contributed by atoms with van der Waals surface area (Å²) in [6.45, 7) is 24.8. The Morgan fingerprint density at radius 2 is 0.857 bits per heavy atom. The van der Waals surface area contributed by atoms with Crippen LogP contribution in [0, 0.1) is 27.7 Å². The Balaban J connectivity index is 1.27. The standard InChI is InChI=1S/C59H58N2Si2/c1-39-25-33-54(41(3)35-39)60(44-19-13-11-14-20-44)46-28-31-48-43(37-46)27-30-52-56-50-24-18-17-23-49(50)53-38-47(61(45-21-15-12-16-22-45)55-34-26-40(2)36-42(55)4)29-32-51(53)58(56)59(57(48)52,62(5,6)7)63(8,9)10/h11-38H,1-10H3. The van der Waals surface area contributed by atoms with Gasteiger partial charge in [0.05, 0.1) is 16.1 Å². The lowest BCUT2D eigenvalue weighted by Gasteiger charge is -2.52. The van der Waals surface area contributed by atoms with Gasteiger partial charge in [-0.1, -0.05) is 160 Å². The molecule has 0 saturated carbocycles. The zero-order chi connectivity index (χ0) is 44.0. The molecule has 0 N–H and O–H groups in total. The Labute approximate surface area is 376 Å². The van der Waals surface area contributed by atoms with Crippen molar-refractivity contribution in [2.24, 2.45) is 0 Å². The van der Waals surface area contributed by atoms with Crippen molar-refractivity contribution in [1.82, 2.24) is 0 Å². The van der Waals surface area contributed by atoms with E-state index in [1.807, 2.05) is 0 Å². The number of aryl methyl sites for hydroxylation is 4. The van der Waals surface area contributed by atoms with Crippen molar-refractivity contribution >= 4 is 82.6 Å². The summed E-state index contributed by atoms with van der Waals surface area (Å²) < 4.78 is -0.0885. The highest BCUT2D eigenvalue weighted by Gasteiger charge is 2.60. The van der Waals surface area contributed by atoms with E-state index < -0.39 is 16.1 Å². The normalized spacial score (nSPS) is 13.4. The molecule has 0 amide bonds. The zero-order valence-electron chi connectivity index (χ0n) is 38.6. The molecule has 0 aliphatic heterocycles. The summed E-state index contributed by atoms with van der Waals surface area (Å²) in [7, 11) is -4.20. The van der Waals surface area contributed by atoms with Crippen LogP contribution < -0.4 is 9.80 Å². The minimum Gasteiger partial charge on any atom is -0.310 e. The van der Waals surface area contributed by atoms with E-state index in [9.17, 15) is 0 Å². The first-order valence-electron chi connectivity index (χ1n) is 22.6. The van der Waals surface area contributed by atoms with Gasteiger partial charge in [-0.3, -0.25) is 0 Å². The van der Waals surface area contributed by atoms with E-state index in [4.69, 9.17) is 0 Å². The van der Waals surface area contributed by atoms with Gasteiger partial charge in [-0.05, 0) is 154 Å². The molecule has 1 aliphatic carbocycles. The lowest BCUT2D eigenvalue weighted by Crippen LogP contribution is -2.63. The number of para-hydroxylation sites is 2. The maximum Gasteiger partial charge on any atom is 0.0579 e. The zero-order valence-corrected chi connectivity index (χ0v) is 40.6. The average Bonchev–Trinajstić information content (AvgIpc) is 3.60. The van der Waals surface area contributed by atoms with Crippen molar-refractivity contribution < 1.29 is 0 Å². The van der Waals surface area contributed by atoms with Crippen LogP contribution in [0.1, 0.15) is 33.4 Å². The molecule has 0 atom stereocenters. The van der Waals surface area contributed by atoms with Gasteiger partial charge < -0.3 is 9.80 Å². The molecule has 1 aliphatic rings. The molecule has 0 bridgehead atoms. The summed E-state index contributed by atoms with van der Waals surface area (Å²) in [6.07, 6.45) is 0. The first kappa shape index (κ1) is 40.8. The number of nitrogens with zero attached hydrogens (tertiary/aromatic N) is 2. The molecule has 0 spiro atoms. The van der Waals surface area contributed by atoms with Crippen LogP contribution in [0.25, 0.3) is 43.4 Å². The molecule has 63 heavy (non-hydrogen) atoms. The minimum absolute atomic E-state index is 0.0885. The lowest BCUT2D eigenvalue weighted by atomic mass is 9.91. The smallest absolute Gasteiger partial charge is 0.0579 e. The van der Waals surface area contributed by atoms with Crippen LogP contribution in [-0.4, -0.2) is 16.1 Å². The van der Waals surface area contributed by atoms with Crippen molar-refractivity contribution in [2.45, 2.75) is 71.6 Å². The number of benzene rings is 9. The van der Waals surface area contributed by atoms with Gasteiger partial charge in [-0.25, -0.2) is 0 Å². The van der Waals surface area contributed by atoms with Crippen LogP contribution in [0.15, 0.2) is 170 Å². The molecule has 0 radical (unpaired) electrons. The second kappa shape index (κ2) is 15.0. The fraction of sp³-hybridized carbons (Fsp3) is 0.186. The second-order valence-corrected chi connectivity index (χ2v) is 31.1. The lowest BCUT2D eigenvalue weighted by molar-refractivity contribution is 0.973. The number of anilines is 6. The van der Waals surface area contributed by atoms with E-state index >= 15 is 0 Å². The van der Waals surface area contributed by atoms with E-state index in [0.717, 1.165) is 11.4 Å². The Bertz CT molecular complexity index is 3230. The molecule has 0 saturated heterocycles. The number of hydrogen-bond acceptors (Lipinski definition) is 2. The first-order chi connectivity index (χ1) is 30.2. The molecule has 2 nitrogen and oxygen atoms in total. The van der Waals surface area contributed by atoms with Crippen LogP contribution in [0.4, 0.5) is 34.1 Å².